The molecule has 2 aliphatic rings. The van der Waals surface area contributed by atoms with Crippen molar-refractivity contribution in [2.24, 2.45) is 5.92 Å². The van der Waals surface area contributed by atoms with E-state index in [0.29, 0.717) is 11.6 Å². The number of hydrogen-bond acceptors (Lipinski definition) is 2. The standard InChI is InChI=1S/C18H36N2/c1-16(2)14-17(3)19-15-18(10-6-4-7-11-18)20-12-8-5-9-13-20/h16-17,19H,4-15H2,1-3H3. The van der Waals surface area contributed by atoms with Gasteiger partial charge in [-0.15, -0.1) is 0 Å². The van der Waals surface area contributed by atoms with Crippen LogP contribution >= 0.6 is 0 Å². The third-order valence-electron chi connectivity index (χ3n) is 5.42. The summed E-state index contributed by atoms with van der Waals surface area (Å²) in [5, 5.41) is 3.88. The maximum Gasteiger partial charge on any atom is 0.0334 e. The monoisotopic (exact) mass is 280 g/mol. The molecular formula is C18H36N2. The molecule has 0 radical (unpaired) electrons. The van der Waals surface area contributed by atoms with Crippen molar-refractivity contribution in [3.8, 4) is 0 Å². The number of hydrogen-bond donors (Lipinski definition) is 1. The second-order valence-electron chi connectivity index (χ2n) is 7.74. The van der Waals surface area contributed by atoms with Gasteiger partial charge in [-0.05, 0) is 58.0 Å². The van der Waals surface area contributed by atoms with E-state index in [2.05, 4.69) is 31.0 Å². The average Bonchev–Trinajstić information content (AvgIpc) is 2.46. The highest BCUT2D eigenvalue weighted by atomic mass is 15.2. The molecule has 1 atom stereocenters. The Balaban J connectivity index is 1.92. The molecule has 1 unspecified atom stereocenters. The van der Waals surface area contributed by atoms with Crippen molar-refractivity contribution in [1.82, 2.24) is 10.2 Å². The Morgan fingerprint density at radius 3 is 2.10 bits per heavy atom. The van der Waals surface area contributed by atoms with Crippen molar-refractivity contribution in [2.45, 2.75) is 90.1 Å². The molecule has 1 saturated carbocycles. The van der Waals surface area contributed by atoms with E-state index in [0.717, 1.165) is 5.92 Å². The van der Waals surface area contributed by atoms with Gasteiger partial charge in [0.1, 0.15) is 0 Å². The molecule has 0 aromatic heterocycles. The van der Waals surface area contributed by atoms with Gasteiger partial charge in [0.05, 0.1) is 0 Å². The SMILES string of the molecule is CC(C)CC(C)NCC1(N2CCCCC2)CCCCC1. The lowest BCUT2D eigenvalue weighted by Crippen LogP contribution is -2.58. The van der Waals surface area contributed by atoms with Crippen molar-refractivity contribution >= 4 is 0 Å². The number of likely N-dealkylation sites (tertiary alicyclic amines) is 1. The summed E-state index contributed by atoms with van der Waals surface area (Å²) in [6.07, 6.45) is 12.8. The molecule has 1 heterocycles. The fraction of sp³-hybridized carbons (Fsp3) is 1.00. The number of piperidine rings is 1. The number of nitrogens with one attached hydrogen (secondary N) is 1. The normalized spacial score (nSPS) is 25.8. The van der Waals surface area contributed by atoms with E-state index in [9.17, 15) is 0 Å². The molecule has 1 aliphatic carbocycles. The smallest absolute Gasteiger partial charge is 0.0334 e. The van der Waals surface area contributed by atoms with E-state index in [-0.39, 0.29) is 0 Å². The second kappa shape index (κ2) is 7.79. The van der Waals surface area contributed by atoms with Crippen LogP contribution in [0.15, 0.2) is 0 Å². The lowest BCUT2D eigenvalue weighted by Gasteiger charge is -2.49. The molecule has 20 heavy (non-hydrogen) atoms. The topological polar surface area (TPSA) is 15.3 Å². The van der Waals surface area contributed by atoms with Gasteiger partial charge >= 0.3 is 0 Å². The molecule has 0 aromatic carbocycles. The Hall–Kier alpha value is -0.0800. The van der Waals surface area contributed by atoms with Crippen LogP contribution in [0.2, 0.25) is 0 Å². The minimum absolute atomic E-state index is 0.490. The van der Waals surface area contributed by atoms with Gasteiger partial charge in [-0.2, -0.15) is 0 Å². The highest BCUT2D eigenvalue weighted by Crippen LogP contribution is 2.35. The second-order valence-corrected chi connectivity index (χ2v) is 7.74. The Bertz CT molecular complexity index is 263. The molecular weight excluding hydrogens is 244 g/mol. The highest BCUT2D eigenvalue weighted by Gasteiger charge is 2.38. The van der Waals surface area contributed by atoms with E-state index >= 15 is 0 Å². The van der Waals surface area contributed by atoms with Crippen LogP contribution in [0.1, 0.15) is 78.6 Å². The first-order valence-corrected chi connectivity index (χ1v) is 9.11. The van der Waals surface area contributed by atoms with Crippen LogP contribution in [0, 0.1) is 5.92 Å². The molecule has 0 amide bonds. The van der Waals surface area contributed by atoms with Gasteiger partial charge in [-0.1, -0.05) is 39.5 Å². The zero-order valence-electron chi connectivity index (χ0n) is 14.1. The van der Waals surface area contributed by atoms with Crippen LogP contribution in [-0.4, -0.2) is 36.1 Å². The van der Waals surface area contributed by atoms with Crippen molar-refractivity contribution in [1.29, 1.82) is 0 Å². The molecule has 1 aliphatic heterocycles. The van der Waals surface area contributed by atoms with Crippen LogP contribution < -0.4 is 5.32 Å². The summed E-state index contributed by atoms with van der Waals surface area (Å²) in [6, 6.07) is 0.665. The maximum atomic E-state index is 3.88. The third-order valence-corrected chi connectivity index (χ3v) is 5.42. The van der Waals surface area contributed by atoms with Crippen molar-refractivity contribution in [2.75, 3.05) is 19.6 Å². The van der Waals surface area contributed by atoms with Crippen LogP contribution in [0.5, 0.6) is 0 Å². The van der Waals surface area contributed by atoms with Crippen molar-refractivity contribution < 1.29 is 0 Å². The van der Waals surface area contributed by atoms with Crippen molar-refractivity contribution in [3.05, 3.63) is 0 Å². The van der Waals surface area contributed by atoms with Gasteiger partial charge in [-0.3, -0.25) is 4.90 Å². The van der Waals surface area contributed by atoms with Crippen LogP contribution in [0.25, 0.3) is 0 Å². The first-order chi connectivity index (χ1) is 9.62. The summed E-state index contributed by atoms with van der Waals surface area (Å²) >= 11 is 0. The van der Waals surface area contributed by atoms with E-state index in [1.165, 1.54) is 77.4 Å². The van der Waals surface area contributed by atoms with E-state index in [4.69, 9.17) is 0 Å². The molecule has 2 nitrogen and oxygen atoms in total. The van der Waals surface area contributed by atoms with Gasteiger partial charge in [-0.25, -0.2) is 0 Å². The first-order valence-electron chi connectivity index (χ1n) is 9.11. The Kier molecular flexibility index (Phi) is 6.35. The molecule has 1 N–H and O–H groups in total. The summed E-state index contributed by atoms with van der Waals surface area (Å²) in [6.45, 7) is 11.0. The molecule has 2 rings (SSSR count). The van der Waals surface area contributed by atoms with Crippen LogP contribution in [0.4, 0.5) is 0 Å². The molecule has 2 fully saturated rings. The number of rotatable bonds is 6. The van der Waals surface area contributed by atoms with E-state index in [1.54, 1.807) is 0 Å². The predicted octanol–water partition coefficient (Wildman–Crippen LogP) is 4.20. The summed E-state index contributed by atoms with van der Waals surface area (Å²) in [5.74, 6) is 0.801. The molecule has 0 aromatic rings. The maximum absolute atomic E-state index is 3.88. The molecule has 0 bridgehead atoms. The third kappa shape index (κ3) is 4.46. The Morgan fingerprint density at radius 1 is 0.900 bits per heavy atom. The van der Waals surface area contributed by atoms with E-state index < -0.39 is 0 Å². The van der Waals surface area contributed by atoms with Gasteiger partial charge in [0, 0.05) is 18.1 Å². The summed E-state index contributed by atoms with van der Waals surface area (Å²) < 4.78 is 0. The zero-order valence-corrected chi connectivity index (χ0v) is 14.1. The first kappa shape index (κ1) is 16.3. The van der Waals surface area contributed by atoms with Crippen LogP contribution in [-0.2, 0) is 0 Å². The molecule has 118 valence electrons. The highest BCUT2D eigenvalue weighted by molar-refractivity contribution is 4.96. The minimum Gasteiger partial charge on any atom is -0.312 e. The van der Waals surface area contributed by atoms with Gasteiger partial charge in [0.15, 0.2) is 0 Å². The average molecular weight is 280 g/mol. The summed E-state index contributed by atoms with van der Waals surface area (Å²) in [5.41, 5.74) is 0.490. The molecule has 1 saturated heterocycles. The lowest BCUT2D eigenvalue weighted by molar-refractivity contribution is 0.0313. The number of nitrogens with zero attached hydrogens (tertiary/aromatic N) is 1. The molecule has 0 spiro atoms. The van der Waals surface area contributed by atoms with Crippen molar-refractivity contribution in [3.63, 3.8) is 0 Å². The zero-order chi connectivity index (χ0) is 14.4. The van der Waals surface area contributed by atoms with E-state index in [1.807, 2.05) is 0 Å². The van der Waals surface area contributed by atoms with Gasteiger partial charge in [0.2, 0.25) is 0 Å². The largest absolute Gasteiger partial charge is 0.312 e. The summed E-state index contributed by atoms with van der Waals surface area (Å²) in [7, 11) is 0. The summed E-state index contributed by atoms with van der Waals surface area (Å²) in [4.78, 5) is 2.85. The Labute approximate surface area is 126 Å². The lowest BCUT2D eigenvalue weighted by atomic mass is 9.79. The minimum atomic E-state index is 0.490. The van der Waals surface area contributed by atoms with Crippen LogP contribution in [0.3, 0.4) is 0 Å². The molecule has 2 heteroatoms. The quantitative estimate of drug-likeness (QED) is 0.784. The fourth-order valence-corrected chi connectivity index (χ4v) is 4.34. The Morgan fingerprint density at radius 2 is 1.50 bits per heavy atom. The fourth-order valence-electron chi connectivity index (χ4n) is 4.34. The van der Waals surface area contributed by atoms with Gasteiger partial charge < -0.3 is 5.32 Å². The van der Waals surface area contributed by atoms with Gasteiger partial charge in [0.25, 0.3) is 0 Å². The predicted molar refractivity (Wildman–Crippen MR) is 88.2 cm³/mol.